The zero-order valence-corrected chi connectivity index (χ0v) is 18.8. The first-order valence-corrected chi connectivity index (χ1v) is 11.6. The summed E-state index contributed by atoms with van der Waals surface area (Å²) in [5.41, 5.74) is 2.94. The number of aryl methyl sites for hydroxylation is 1. The Hall–Kier alpha value is -2.08. The molecule has 0 aliphatic carbocycles. The Morgan fingerprint density at radius 2 is 2.07 bits per heavy atom. The summed E-state index contributed by atoms with van der Waals surface area (Å²) in [5, 5.41) is 0.819. The van der Waals surface area contributed by atoms with Crippen molar-refractivity contribution in [1.82, 2.24) is 14.9 Å². The highest BCUT2D eigenvalue weighted by Crippen LogP contribution is 2.27. The predicted octanol–water partition coefficient (Wildman–Crippen LogP) is 4.80. The Balaban J connectivity index is 1.75. The van der Waals surface area contributed by atoms with E-state index in [1.54, 1.807) is 16.7 Å². The lowest BCUT2D eigenvalue weighted by atomic mass is 10.0. The highest BCUT2D eigenvalue weighted by atomic mass is 32.2. The smallest absolute Gasteiger partial charge is 0.253 e. The van der Waals surface area contributed by atoms with Crippen LogP contribution in [0.4, 0.5) is 5.82 Å². The topological polar surface area (TPSA) is 49.3 Å². The number of amides is 1. The molecule has 1 amide bonds. The minimum atomic E-state index is 0.0601. The summed E-state index contributed by atoms with van der Waals surface area (Å²) in [6.07, 6.45) is 4.65. The first-order chi connectivity index (χ1) is 14.0. The Bertz CT molecular complexity index is 841. The molecule has 0 saturated carbocycles. The molecule has 1 atom stereocenters. The van der Waals surface area contributed by atoms with Crippen molar-refractivity contribution >= 4 is 23.5 Å². The second-order valence-electron chi connectivity index (χ2n) is 7.70. The molecule has 1 aromatic carbocycles. The van der Waals surface area contributed by atoms with Crippen LogP contribution in [0, 0.1) is 0 Å². The average molecular weight is 413 g/mol. The standard InChI is InChI=1S/C23H32N4OS/c1-5-20-15-21(27-13-8-7-10-17(27)3)25-23(24-20)29-16-18-11-9-12-19(14-18)22(28)26(4)6-2/h9,11-12,14-15,17H,5-8,10,13,16H2,1-4H3/t17-/m1/s1. The lowest BCUT2D eigenvalue weighted by Gasteiger charge is -2.34. The van der Waals surface area contributed by atoms with Gasteiger partial charge in [-0.15, -0.1) is 0 Å². The van der Waals surface area contributed by atoms with Gasteiger partial charge in [0, 0.05) is 49.3 Å². The van der Waals surface area contributed by atoms with Gasteiger partial charge in [-0.25, -0.2) is 9.97 Å². The number of rotatable bonds is 7. The molecule has 0 spiro atoms. The minimum Gasteiger partial charge on any atom is -0.354 e. The maximum atomic E-state index is 12.4. The molecule has 0 radical (unpaired) electrons. The van der Waals surface area contributed by atoms with Gasteiger partial charge in [0.2, 0.25) is 0 Å². The van der Waals surface area contributed by atoms with E-state index >= 15 is 0 Å². The van der Waals surface area contributed by atoms with Crippen LogP contribution in [-0.4, -0.2) is 47.0 Å². The lowest BCUT2D eigenvalue weighted by molar-refractivity contribution is 0.0802. The molecular weight excluding hydrogens is 380 g/mol. The second kappa shape index (κ2) is 10.1. The number of carbonyl (C=O) groups excluding carboxylic acids is 1. The van der Waals surface area contributed by atoms with Gasteiger partial charge in [-0.3, -0.25) is 4.79 Å². The summed E-state index contributed by atoms with van der Waals surface area (Å²) in [5.74, 6) is 1.86. The van der Waals surface area contributed by atoms with Gasteiger partial charge in [0.25, 0.3) is 5.91 Å². The number of anilines is 1. The zero-order chi connectivity index (χ0) is 20.8. The van der Waals surface area contributed by atoms with Crippen molar-refractivity contribution in [1.29, 1.82) is 0 Å². The molecule has 156 valence electrons. The number of carbonyl (C=O) groups is 1. The zero-order valence-electron chi connectivity index (χ0n) is 18.0. The molecule has 2 heterocycles. The van der Waals surface area contributed by atoms with E-state index in [2.05, 4.69) is 30.9 Å². The van der Waals surface area contributed by atoms with E-state index in [0.29, 0.717) is 12.6 Å². The number of hydrogen-bond donors (Lipinski definition) is 0. The van der Waals surface area contributed by atoms with Crippen LogP contribution in [0.25, 0.3) is 0 Å². The summed E-state index contributed by atoms with van der Waals surface area (Å²) in [4.78, 5) is 26.2. The fraction of sp³-hybridized carbons (Fsp3) is 0.522. The first-order valence-electron chi connectivity index (χ1n) is 10.6. The van der Waals surface area contributed by atoms with Crippen molar-refractivity contribution in [3.05, 3.63) is 47.2 Å². The average Bonchev–Trinajstić information content (AvgIpc) is 2.76. The van der Waals surface area contributed by atoms with E-state index in [1.165, 1.54) is 19.3 Å². The predicted molar refractivity (Wildman–Crippen MR) is 121 cm³/mol. The third kappa shape index (κ3) is 5.50. The Morgan fingerprint density at radius 1 is 1.24 bits per heavy atom. The van der Waals surface area contributed by atoms with Gasteiger partial charge in [0.05, 0.1) is 0 Å². The first kappa shape index (κ1) is 21.6. The number of aromatic nitrogens is 2. The molecule has 3 rings (SSSR count). The maximum absolute atomic E-state index is 12.4. The van der Waals surface area contributed by atoms with Crippen molar-refractivity contribution in [2.45, 2.75) is 63.4 Å². The van der Waals surface area contributed by atoms with Gasteiger partial charge in [0.15, 0.2) is 5.16 Å². The van der Waals surface area contributed by atoms with Crippen LogP contribution in [0.2, 0.25) is 0 Å². The van der Waals surface area contributed by atoms with E-state index in [0.717, 1.165) is 46.5 Å². The van der Waals surface area contributed by atoms with Gasteiger partial charge in [0.1, 0.15) is 5.82 Å². The van der Waals surface area contributed by atoms with Gasteiger partial charge >= 0.3 is 0 Å². The normalized spacial score (nSPS) is 16.7. The van der Waals surface area contributed by atoms with E-state index in [1.807, 2.05) is 32.2 Å². The van der Waals surface area contributed by atoms with Crippen molar-refractivity contribution in [3.63, 3.8) is 0 Å². The third-order valence-corrected chi connectivity index (χ3v) is 6.49. The van der Waals surface area contributed by atoms with E-state index in [-0.39, 0.29) is 5.91 Å². The van der Waals surface area contributed by atoms with Crippen molar-refractivity contribution in [2.24, 2.45) is 0 Å². The summed E-state index contributed by atoms with van der Waals surface area (Å²) in [6.45, 7) is 8.18. The number of thioether (sulfide) groups is 1. The summed E-state index contributed by atoms with van der Waals surface area (Å²) in [6, 6.07) is 10.6. The molecule has 0 bridgehead atoms. The molecule has 1 saturated heterocycles. The molecule has 5 nitrogen and oxygen atoms in total. The van der Waals surface area contributed by atoms with Crippen molar-refractivity contribution < 1.29 is 4.79 Å². The highest BCUT2D eigenvalue weighted by molar-refractivity contribution is 7.98. The van der Waals surface area contributed by atoms with Crippen LogP contribution in [0.5, 0.6) is 0 Å². The molecule has 1 fully saturated rings. The van der Waals surface area contributed by atoms with Gasteiger partial charge < -0.3 is 9.80 Å². The van der Waals surface area contributed by atoms with Crippen LogP contribution in [-0.2, 0) is 12.2 Å². The fourth-order valence-corrected chi connectivity index (χ4v) is 4.41. The van der Waals surface area contributed by atoms with Crippen LogP contribution >= 0.6 is 11.8 Å². The Kier molecular flexibility index (Phi) is 7.53. The summed E-state index contributed by atoms with van der Waals surface area (Å²) >= 11 is 1.64. The van der Waals surface area contributed by atoms with Gasteiger partial charge in [-0.1, -0.05) is 30.8 Å². The number of piperidine rings is 1. The van der Waals surface area contributed by atoms with Gasteiger partial charge in [-0.2, -0.15) is 0 Å². The fourth-order valence-electron chi connectivity index (χ4n) is 3.60. The Morgan fingerprint density at radius 3 is 2.79 bits per heavy atom. The molecular formula is C23H32N4OS. The highest BCUT2D eigenvalue weighted by Gasteiger charge is 2.21. The molecule has 29 heavy (non-hydrogen) atoms. The summed E-state index contributed by atoms with van der Waals surface area (Å²) in [7, 11) is 1.83. The van der Waals surface area contributed by atoms with Crippen LogP contribution in [0.15, 0.2) is 35.5 Å². The van der Waals surface area contributed by atoms with Crippen LogP contribution in [0.3, 0.4) is 0 Å². The molecule has 1 aliphatic rings. The summed E-state index contributed by atoms with van der Waals surface area (Å²) < 4.78 is 0. The van der Waals surface area contributed by atoms with Gasteiger partial charge in [-0.05, 0) is 57.2 Å². The largest absolute Gasteiger partial charge is 0.354 e. The molecule has 1 aliphatic heterocycles. The minimum absolute atomic E-state index is 0.0601. The Labute approximate surface area is 178 Å². The number of benzene rings is 1. The van der Waals surface area contributed by atoms with Crippen molar-refractivity contribution in [2.75, 3.05) is 25.0 Å². The monoisotopic (exact) mass is 412 g/mol. The van der Waals surface area contributed by atoms with Crippen molar-refractivity contribution in [3.8, 4) is 0 Å². The maximum Gasteiger partial charge on any atom is 0.253 e. The molecule has 2 aromatic rings. The quantitative estimate of drug-likeness (QED) is 0.483. The van der Waals surface area contributed by atoms with Crippen LogP contribution < -0.4 is 4.90 Å². The van der Waals surface area contributed by atoms with E-state index in [4.69, 9.17) is 9.97 Å². The lowest BCUT2D eigenvalue weighted by Crippen LogP contribution is -2.38. The molecule has 6 heteroatoms. The SMILES string of the molecule is CCc1cc(N2CCCC[C@H]2C)nc(SCc2cccc(C(=O)N(C)CC)c2)n1. The van der Waals surface area contributed by atoms with Crippen LogP contribution in [0.1, 0.15) is 61.6 Å². The molecule has 0 unspecified atom stereocenters. The third-order valence-electron chi connectivity index (χ3n) is 5.57. The van der Waals surface area contributed by atoms with E-state index in [9.17, 15) is 4.79 Å². The number of nitrogens with zero attached hydrogens (tertiary/aromatic N) is 4. The number of hydrogen-bond acceptors (Lipinski definition) is 5. The van der Waals surface area contributed by atoms with E-state index < -0.39 is 0 Å². The molecule has 1 aromatic heterocycles. The second-order valence-corrected chi connectivity index (χ2v) is 8.64. The molecule has 0 N–H and O–H groups in total.